The molecule has 1 fully saturated rings. The Hall–Kier alpha value is -0.900. The average Bonchev–Trinajstić information content (AvgIpc) is 2.35. The van der Waals surface area contributed by atoms with E-state index < -0.39 is 0 Å². The van der Waals surface area contributed by atoms with E-state index in [-0.39, 0.29) is 6.61 Å². The van der Waals surface area contributed by atoms with Crippen LogP contribution >= 0.6 is 0 Å². The lowest BCUT2D eigenvalue weighted by atomic mass is 10.2. The van der Waals surface area contributed by atoms with Crippen LogP contribution in [-0.2, 0) is 0 Å². The van der Waals surface area contributed by atoms with E-state index in [0.717, 1.165) is 38.3 Å². The summed E-state index contributed by atoms with van der Waals surface area (Å²) in [7, 11) is 2.17. The third kappa shape index (κ3) is 5.82. The monoisotopic (exact) mass is 236 g/mol. The van der Waals surface area contributed by atoms with E-state index in [1.54, 1.807) is 0 Å². The molecule has 0 atom stereocenters. The quantitative estimate of drug-likeness (QED) is 0.729. The van der Waals surface area contributed by atoms with Gasteiger partial charge in [0, 0.05) is 32.7 Å². The molecule has 1 rings (SSSR count). The number of likely N-dealkylation sites (N-methyl/N-ethyl adjacent to an activating group) is 1. The van der Waals surface area contributed by atoms with Gasteiger partial charge in [0.05, 0.1) is 6.61 Å². The van der Waals surface area contributed by atoms with Crippen LogP contribution in [0.5, 0.6) is 0 Å². The standard InChI is InChI=1S/C14H24N2O/c1-3-6-14(13-17)7-4-5-8-16-11-9-15(2)10-12-16/h3-7,17H,8-13H2,1-2H3/b5-4+,6-3-,14-7+. The average molecular weight is 236 g/mol. The van der Waals surface area contributed by atoms with Crippen molar-refractivity contribution in [1.82, 2.24) is 9.80 Å². The Morgan fingerprint density at radius 1 is 1.24 bits per heavy atom. The van der Waals surface area contributed by atoms with Gasteiger partial charge >= 0.3 is 0 Å². The van der Waals surface area contributed by atoms with Gasteiger partial charge in [-0.1, -0.05) is 30.4 Å². The SMILES string of the molecule is C\C=C/C(=C\C=C\CN1CCN(C)CC1)CO. The number of aliphatic hydroxyl groups excluding tert-OH is 1. The lowest BCUT2D eigenvalue weighted by molar-refractivity contribution is 0.166. The minimum atomic E-state index is 0.100. The fraction of sp³-hybridized carbons (Fsp3) is 0.571. The first-order valence-electron chi connectivity index (χ1n) is 6.26. The summed E-state index contributed by atoms with van der Waals surface area (Å²) < 4.78 is 0. The van der Waals surface area contributed by atoms with E-state index in [1.165, 1.54) is 0 Å². The van der Waals surface area contributed by atoms with Gasteiger partial charge < -0.3 is 10.0 Å². The van der Waals surface area contributed by atoms with Crippen LogP contribution < -0.4 is 0 Å². The van der Waals surface area contributed by atoms with Gasteiger partial charge in [-0.15, -0.1) is 0 Å². The van der Waals surface area contributed by atoms with Crippen LogP contribution in [0.2, 0.25) is 0 Å². The Kier molecular flexibility index (Phi) is 6.86. The molecule has 0 amide bonds. The van der Waals surface area contributed by atoms with Crippen molar-refractivity contribution in [3.63, 3.8) is 0 Å². The second kappa shape index (κ2) is 8.23. The van der Waals surface area contributed by atoms with Crippen molar-refractivity contribution in [2.45, 2.75) is 6.92 Å². The summed E-state index contributed by atoms with van der Waals surface area (Å²) >= 11 is 0. The van der Waals surface area contributed by atoms with Gasteiger partial charge in [-0.3, -0.25) is 4.90 Å². The van der Waals surface area contributed by atoms with Crippen LogP contribution in [-0.4, -0.2) is 61.3 Å². The molecule has 1 aliphatic heterocycles. The van der Waals surface area contributed by atoms with Crippen LogP contribution in [0.1, 0.15) is 6.92 Å². The molecule has 1 aliphatic rings. The molecular formula is C14H24N2O. The van der Waals surface area contributed by atoms with Crippen molar-refractivity contribution < 1.29 is 5.11 Å². The van der Waals surface area contributed by atoms with Gasteiger partial charge in [-0.25, -0.2) is 0 Å². The highest BCUT2D eigenvalue weighted by molar-refractivity contribution is 5.23. The Bertz CT molecular complexity index is 287. The smallest absolute Gasteiger partial charge is 0.0681 e. The minimum Gasteiger partial charge on any atom is -0.392 e. The number of aliphatic hydroxyl groups is 1. The second-order valence-electron chi connectivity index (χ2n) is 4.43. The highest BCUT2D eigenvalue weighted by Crippen LogP contribution is 2.00. The summed E-state index contributed by atoms with van der Waals surface area (Å²) in [4.78, 5) is 4.80. The van der Waals surface area contributed by atoms with Gasteiger partial charge in [0.1, 0.15) is 0 Å². The molecule has 0 spiro atoms. The largest absolute Gasteiger partial charge is 0.392 e. The van der Waals surface area contributed by atoms with Crippen molar-refractivity contribution in [2.75, 3.05) is 46.4 Å². The Labute approximate surface area is 105 Å². The molecule has 3 nitrogen and oxygen atoms in total. The maximum Gasteiger partial charge on any atom is 0.0681 e. The Morgan fingerprint density at radius 3 is 2.53 bits per heavy atom. The van der Waals surface area contributed by atoms with Crippen LogP contribution in [0.25, 0.3) is 0 Å². The fourth-order valence-corrected chi connectivity index (χ4v) is 1.81. The van der Waals surface area contributed by atoms with Crippen LogP contribution in [0.15, 0.2) is 36.0 Å². The first kappa shape index (κ1) is 14.2. The van der Waals surface area contributed by atoms with Crippen LogP contribution in [0.3, 0.4) is 0 Å². The molecule has 0 radical (unpaired) electrons. The molecule has 0 aliphatic carbocycles. The highest BCUT2D eigenvalue weighted by atomic mass is 16.3. The predicted octanol–water partition coefficient (Wildman–Crippen LogP) is 1.28. The molecule has 1 heterocycles. The maximum atomic E-state index is 9.06. The van der Waals surface area contributed by atoms with Crippen molar-refractivity contribution in [3.8, 4) is 0 Å². The number of hydrogen-bond acceptors (Lipinski definition) is 3. The minimum absolute atomic E-state index is 0.100. The molecular weight excluding hydrogens is 212 g/mol. The van der Waals surface area contributed by atoms with E-state index in [1.807, 2.05) is 31.2 Å². The summed E-state index contributed by atoms with van der Waals surface area (Å²) in [5, 5.41) is 9.06. The third-order valence-corrected chi connectivity index (χ3v) is 2.97. The van der Waals surface area contributed by atoms with E-state index in [0.29, 0.717) is 0 Å². The number of hydrogen-bond donors (Lipinski definition) is 1. The number of nitrogens with zero attached hydrogens (tertiary/aromatic N) is 2. The van der Waals surface area contributed by atoms with E-state index in [2.05, 4.69) is 22.9 Å². The Morgan fingerprint density at radius 2 is 1.94 bits per heavy atom. The Balaban J connectivity index is 2.29. The lowest BCUT2D eigenvalue weighted by Gasteiger charge is -2.31. The molecule has 0 aromatic rings. The van der Waals surface area contributed by atoms with Crippen molar-refractivity contribution in [3.05, 3.63) is 36.0 Å². The summed E-state index contributed by atoms with van der Waals surface area (Å²) in [6.45, 7) is 7.66. The van der Waals surface area contributed by atoms with Crippen molar-refractivity contribution >= 4 is 0 Å². The summed E-state index contributed by atoms with van der Waals surface area (Å²) in [5.41, 5.74) is 0.946. The zero-order valence-corrected chi connectivity index (χ0v) is 11.0. The zero-order valence-electron chi connectivity index (χ0n) is 11.0. The van der Waals surface area contributed by atoms with Crippen molar-refractivity contribution in [2.24, 2.45) is 0 Å². The van der Waals surface area contributed by atoms with Gasteiger partial charge in [0.25, 0.3) is 0 Å². The van der Waals surface area contributed by atoms with E-state index >= 15 is 0 Å². The number of rotatable bonds is 5. The van der Waals surface area contributed by atoms with Crippen LogP contribution in [0.4, 0.5) is 0 Å². The third-order valence-electron chi connectivity index (χ3n) is 2.97. The van der Waals surface area contributed by atoms with Gasteiger partial charge in [0.2, 0.25) is 0 Å². The first-order valence-corrected chi connectivity index (χ1v) is 6.26. The normalized spacial score (nSPS) is 20.8. The summed E-state index contributed by atoms with van der Waals surface area (Å²) in [6, 6.07) is 0. The lowest BCUT2D eigenvalue weighted by Crippen LogP contribution is -2.44. The molecule has 0 aromatic heterocycles. The number of piperazine rings is 1. The molecule has 0 aromatic carbocycles. The maximum absolute atomic E-state index is 9.06. The van der Waals surface area contributed by atoms with Gasteiger partial charge in [-0.2, -0.15) is 0 Å². The zero-order chi connectivity index (χ0) is 12.5. The highest BCUT2D eigenvalue weighted by Gasteiger charge is 2.11. The molecule has 1 N–H and O–H groups in total. The van der Waals surface area contributed by atoms with Gasteiger partial charge in [-0.05, 0) is 19.5 Å². The van der Waals surface area contributed by atoms with E-state index in [9.17, 15) is 0 Å². The predicted molar refractivity (Wildman–Crippen MR) is 73.1 cm³/mol. The molecule has 1 saturated heterocycles. The molecule has 0 saturated carbocycles. The molecule has 96 valence electrons. The molecule has 0 bridgehead atoms. The number of allylic oxidation sites excluding steroid dienone is 3. The molecule has 3 heteroatoms. The van der Waals surface area contributed by atoms with Gasteiger partial charge in [0.15, 0.2) is 0 Å². The summed E-state index contributed by atoms with van der Waals surface area (Å²) in [5.74, 6) is 0. The molecule has 17 heavy (non-hydrogen) atoms. The first-order chi connectivity index (χ1) is 8.26. The van der Waals surface area contributed by atoms with E-state index in [4.69, 9.17) is 5.11 Å². The van der Waals surface area contributed by atoms with Crippen molar-refractivity contribution in [1.29, 1.82) is 0 Å². The van der Waals surface area contributed by atoms with Crippen LogP contribution in [0, 0.1) is 0 Å². The summed E-state index contributed by atoms with van der Waals surface area (Å²) in [6.07, 6.45) is 10.0. The second-order valence-corrected chi connectivity index (χ2v) is 4.43. The molecule has 0 unspecified atom stereocenters. The topological polar surface area (TPSA) is 26.7 Å². The fourth-order valence-electron chi connectivity index (χ4n) is 1.81.